The Kier molecular flexibility index (Phi) is 4.94. The second kappa shape index (κ2) is 6.54. The highest BCUT2D eigenvalue weighted by molar-refractivity contribution is 5.85. The first-order chi connectivity index (χ1) is 9.38. The molecular formula is C17H31ClN2. The first-order valence-electron chi connectivity index (χ1n) is 8.84. The highest BCUT2D eigenvalue weighted by Crippen LogP contribution is 2.53. The van der Waals surface area contributed by atoms with Crippen molar-refractivity contribution < 1.29 is 0 Å². The lowest BCUT2D eigenvalue weighted by molar-refractivity contribution is -0.0136. The SMILES string of the molecule is C1CCN(CCCNC2C3CC4CC(C3)CC2C4)C1.Cl. The van der Waals surface area contributed by atoms with Gasteiger partial charge < -0.3 is 10.2 Å². The standard InChI is InChI=1S/C17H30N2.ClH/c1-2-6-19(5-1)7-3-4-18-17-15-9-13-8-14(11-15)12-16(17)10-13;/h13-18H,1-12H2;1H. The second-order valence-corrected chi connectivity index (χ2v) is 7.81. The molecule has 4 aliphatic carbocycles. The second-order valence-electron chi connectivity index (χ2n) is 7.81. The van der Waals surface area contributed by atoms with Gasteiger partial charge in [-0.2, -0.15) is 0 Å². The molecule has 0 radical (unpaired) electrons. The van der Waals surface area contributed by atoms with Crippen LogP contribution in [-0.2, 0) is 0 Å². The molecule has 1 saturated heterocycles. The molecule has 0 aromatic rings. The van der Waals surface area contributed by atoms with Gasteiger partial charge in [0.1, 0.15) is 0 Å². The third-order valence-electron chi connectivity index (χ3n) is 6.46. The van der Waals surface area contributed by atoms with Crippen molar-refractivity contribution in [2.24, 2.45) is 23.7 Å². The molecule has 0 aromatic heterocycles. The van der Waals surface area contributed by atoms with E-state index in [-0.39, 0.29) is 12.4 Å². The third-order valence-corrected chi connectivity index (χ3v) is 6.46. The fraction of sp³-hybridized carbons (Fsp3) is 1.00. The maximum Gasteiger partial charge on any atom is 0.0124 e. The Morgan fingerprint density at radius 2 is 1.45 bits per heavy atom. The lowest BCUT2D eigenvalue weighted by Gasteiger charge is -2.54. The molecular weight excluding hydrogens is 268 g/mol. The van der Waals surface area contributed by atoms with Crippen LogP contribution in [0.2, 0.25) is 0 Å². The monoisotopic (exact) mass is 298 g/mol. The van der Waals surface area contributed by atoms with Crippen molar-refractivity contribution >= 4 is 12.4 Å². The average Bonchev–Trinajstić information content (AvgIpc) is 2.89. The summed E-state index contributed by atoms with van der Waals surface area (Å²) in [6.45, 7) is 5.32. The van der Waals surface area contributed by atoms with Crippen molar-refractivity contribution in [1.29, 1.82) is 0 Å². The minimum absolute atomic E-state index is 0. The molecule has 0 atom stereocenters. The zero-order valence-electron chi connectivity index (χ0n) is 12.7. The summed E-state index contributed by atoms with van der Waals surface area (Å²) in [5.41, 5.74) is 0. The first kappa shape index (κ1) is 15.1. The van der Waals surface area contributed by atoms with E-state index in [1.165, 1.54) is 45.4 Å². The van der Waals surface area contributed by atoms with E-state index < -0.39 is 0 Å². The molecule has 2 nitrogen and oxygen atoms in total. The zero-order chi connectivity index (χ0) is 12.7. The molecule has 3 heteroatoms. The van der Waals surface area contributed by atoms with E-state index in [1.54, 1.807) is 32.1 Å². The van der Waals surface area contributed by atoms with Gasteiger partial charge in [-0.05, 0) is 101 Å². The van der Waals surface area contributed by atoms with Gasteiger partial charge >= 0.3 is 0 Å². The van der Waals surface area contributed by atoms with Crippen LogP contribution in [0.5, 0.6) is 0 Å². The smallest absolute Gasteiger partial charge is 0.0124 e. The van der Waals surface area contributed by atoms with Crippen LogP contribution < -0.4 is 5.32 Å². The van der Waals surface area contributed by atoms with E-state index in [2.05, 4.69) is 10.2 Å². The van der Waals surface area contributed by atoms with Gasteiger partial charge in [0.05, 0.1) is 0 Å². The molecule has 5 fully saturated rings. The molecule has 4 bridgehead atoms. The molecule has 1 heterocycles. The molecule has 5 aliphatic rings. The molecule has 116 valence electrons. The van der Waals surface area contributed by atoms with Crippen LogP contribution in [0.3, 0.4) is 0 Å². The summed E-state index contributed by atoms with van der Waals surface area (Å²) in [6, 6.07) is 0.895. The lowest BCUT2D eigenvalue weighted by atomic mass is 9.54. The van der Waals surface area contributed by atoms with Gasteiger partial charge in [0.15, 0.2) is 0 Å². The zero-order valence-corrected chi connectivity index (χ0v) is 13.5. The maximum atomic E-state index is 3.96. The Labute approximate surface area is 130 Å². The third kappa shape index (κ3) is 3.03. The van der Waals surface area contributed by atoms with Gasteiger partial charge in [-0.3, -0.25) is 0 Å². The molecule has 0 unspecified atom stereocenters. The molecule has 0 spiro atoms. The van der Waals surface area contributed by atoms with E-state index in [0.29, 0.717) is 0 Å². The summed E-state index contributed by atoms with van der Waals surface area (Å²) in [4.78, 5) is 2.65. The lowest BCUT2D eigenvalue weighted by Crippen LogP contribution is -2.54. The fourth-order valence-electron chi connectivity index (χ4n) is 5.84. The quantitative estimate of drug-likeness (QED) is 0.784. The molecule has 0 amide bonds. The van der Waals surface area contributed by atoms with E-state index in [4.69, 9.17) is 0 Å². The van der Waals surface area contributed by atoms with Crippen LogP contribution in [0.1, 0.15) is 51.4 Å². The number of likely N-dealkylation sites (tertiary alicyclic amines) is 1. The van der Waals surface area contributed by atoms with Gasteiger partial charge in [0, 0.05) is 6.04 Å². The van der Waals surface area contributed by atoms with Crippen molar-refractivity contribution in [1.82, 2.24) is 10.2 Å². The predicted molar refractivity (Wildman–Crippen MR) is 86.4 cm³/mol. The fourth-order valence-corrected chi connectivity index (χ4v) is 5.84. The predicted octanol–water partition coefficient (Wildman–Crippen LogP) is 3.31. The number of halogens is 1. The summed E-state index contributed by atoms with van der Waals surface area (Å²) < 4.78 is 0. The first-order valence-corrected chi connectivity index (χ1v) is 8.84. The largest absolute Gasteiger partial charge is 0.313 e. The van der Waals surface area contributed by atoms with Crippen molar-refractivity contribution in [3.05, 3.63) is 0 Å². The Bertz CT molecular complexity index is 286. The van der Waals surface area contributed by atoms with Gasteiger partial charge in [-0.25, -0.2) is 0 Å². The van der Waals surface area contributed by atoms with Crippen molar-refractivity contribution in [3.63, 3.8) is 0 Å². The van der Waals surface area contributed by atoms with Crippen LogP contribution in [-0.4, -0.2) is 37.1 Å². The van der Waals surface area contributed by atoms with Crippen LogP contribution >= 0.6 is 12.4 Å². The molecule has 0 aromatic carbocycles. The Morgan fingerprint density at radius 1 is 0.850 bits per heavy atom. The van der Waals surface area contributed by atoms with Gasteiger partial charge in [-0.1, -0.05) is 0 Å². The number of rotatable bonds is 5. The van der Waals surface area contributed by atoms with E-state index in [0.717, 1.165) is 29.7 Å². The average molecular weight is 299 g/mol. The Morgan fingerprint density at radius 3 is 2.05 bits per heavy atom. The Hall–Kier alpha value is 0.210. The van der Waals surface area contributed by atoms with Crippen LogP contribution in [0.25, 0.3) is 0 Å². The summed E-state index contributed by atoms with van der Waals surface area (Å²) in [6.07, 6.45) is 12.0. The highest BCUT2D eigenvalue weighted by atomic mass is 35.5. The molecule has 20 heavy (non-hydrogen) atoms. The molecule has 1 aliphatic heterocycles. The van der Waals surface area contributed by atoms with Crippen molar-refractivity contribution in [2.75, 3.05) is 26.2 Å². The van der Waals surface area contributed by atoms with Gasteiger partial charge in [0.2, 0.25) is 0 Å². The molecule has 4 saturated carbocycles. The number of hydrogen-bond acceptors (Lipinski definition) is 2. The van der Waals surface area contributed by atoms with E-state index in [1.807, 2.05) is 0 Å². The van der Waals surface area contributed by atoms with Crippen molar-refractivity contribution in [2.45, 2.75) is 57.4 Å². The highest BCUT2D eigenvalue weighted by Gasteiger charge is 2.47. The van der Waals surface area contributed by atoms with E-state index in [9.17, 15) is 0 Å². The van der Waals surface area contributed by atoms with Crippen LogP contribution in [0.4, 0.5) is 0 Å². The van der Waals surface area contributed by atoms with E-state index >= 15 is 0 Å². The summed E-state index contributed by atoms with van der Waals surface area (Å²) in [7, 11) is 0. The van der Waals surface area contributed by atoms with Crippen LogP contribution in [0, 0.1) is 23.7 Å². The topological polar surface area (TPSA) is 15.3 Å². The summed E-state index contributed by atoms with van der Waals surface area (Å²) in [5, 5.41) is 3.96. The molecule has 5 rings (SSSR count). The van der Waals surface area contributed by atoms with Gasteiger partial charge in [-0.15, -0.1) is 12.4 Å². The number of nitrogens with one attached hydrogen (secondary N) is 1. The number of nitrogens with zero attached hydrogens (tertiary/aromatic N) is 1. The minimum Gasteiger partial charge on any atom is -0.313 e. The number of hydrogen-bond donors (Lipinski definition) is 1. The summed E-state index contributed by atoms with van der Waals surface area (Å²) in [5.74, 6) is 4.32. The van der Waals surface area contributed by atoms with Crippen LogP contribution in [0.15, 0.2) is 0 Å². The van der Waals surface area contributed by atoms with Gasteiger partial charge in [0.25, 0.3) is 0 Å². The Balaban J connectivity index is 0.00000121. The maximum absolute atomic E-state index is 3.96. The summed E-state index contributed by atoms with van der Waals surface area (Å²) >= 11 is 0. The normalized spacial score (nSPS) is 42.9. The minimum atomic E-state index is 0. The molecule has 1 N–H and O–H groups in total. The van der Waals surface area contributed by atoms with Crippen molar-refractivity contribution in [3.8, 4) is 0 Å².